The molecular weight excluding hydrogens is 406 g/mol. The topological polar surface area (TPSA) is 0 Å². The van der Waals surface area contributed by atoms with Gasteiger partial charge in [-0.1, -0.05) is 26.7 Å². The predicted molar refractivity (Wildman–Crippen MR) is 99.3 cm³/mol. The zero-order chi connectivity index (χ0) is 15.1. The second-order valence-corrected chi connectivity index (χ2v) is 14.5. The first-order valence-corrected chi connectivity index (χ1v) is 17.2. The number of halogens is 1. The molecule has 0 bridgehead atoms. The summed E-state index contributed by atoms with van der Waals surface area (Å²) in [6.45, 7) is 18.5. The summed E-state index contributed by atoms with van der Waals surface area (Å²) in [5.74, 6) is 0. The summed E-state index contributed by atoms with van der Waals surface area (Å²) < 4.78 is 0. The molecule has 0 amide bonds. The second kappa shape index (κ2) is 19.6. The Morgan fingerprint density at radius 1 is 0.667 bits per heavy atom. The quantitative estimate of drug-likeness (QED) is 0.274. The van der Waals surface area contributed by atoms with E-state index in [0.29, 0.717) is 15.8 Å². The normalized spacial score (nSPS) is 10.3. The van der Waals surface area contributed by atoms with Gasteiger partial charge in [0.05, 0.1) is 0 Å². The maximum absolute atomic E-state index is 4.53. The van der Waals surface area contributed by atoms with Gasteiger partial charge in [-0.2, -0.15) is 12.3 Å². The minimum atomic E-state index is 0.258. The van der Waals surface area contributed by atoms with Gasteiger partial charge in [-0.05, 0) is 26.7 Å². The van der Waals surface area contributed by atoms with Crippen LogP contribution >= 0.6 is 41.4 Å². The van der Waals surface area contributed by atoms with Crippen molar-refractivity contribution >= 4 is 41.4 Å². The molecule has 0 saturated carbocycles. The molecule has 0 aromatic heterocycles. The van der Waals surface area contributed by atoms with Crippen LogP contribution in [0.1, 0.15) is 0 Å². The maximum atomic E-state index is 4.53. The molecule has 114 valence electrons. The van der Waals surface area contributed by atoms with Crippen molar-refractivity contribution in [1.82, 2.24) is 0 Å². The Bertz CT molecular complexity index is 112. The third kappa shape index (κ3) is 36.3. The Hall–Kier alpha value is 2.63. The fourth-order valence-electron chi connectivity index (χ4n) is 0.653. The first-order valence-electron chi connectivity index (χ1n) is 5.67. The van der Waals surface area contributed by atoms with Crippen molar-refractivity contribution in [1.29, 1.82) is 0 Å². The van der Waals surface area contributed by atoms with E-state index in [4.69, 9.17) is 0 Å². The van der Waals surface area contributed by atoms with Crippen LogP contribution in [0.15, 0.2) is 0 Å². The van der Waals surface area contributed by atoms with Crippen LogP contribution in [0, 0.1) is 12.3 Å². The molecule has 0 heterocycles. The van der Waals surface area contributed by atoms with Gasteiger partial charge in [-0.25, -0.2) is 0 Å². The molecule has 0 atom stereocenters. The van der Waals surface area contributed by atoms with Crippen molar-refractivity contribution in [3.05, 3.63) is 12.3 Å². The molecule has 0 unspecified atom stereocenters. The van der Waals surface area contributed by atoms with E-state index in [0.717, 1.165) is 0 Å². The molecular formula is C12H30ClP4Rh. The van der Waals surface area contributed by atoms with Crippen LogP contribution in [0.5, 0.6) is 0 Å². The summed E-state index contributed by atoms with van der Waals surface area (Å²) in [4.78, 5) is 0. The van der Waals surface area contributed by atoms with E-state index in [1.807, 2.05) is 17.3 Å². The van der Waals surface area contributed by atoms with Crippen LogP contribution in [-0.2, 0) is 17.3 Å². The zero-order valence-corrected chi connectivity index (χ0v) is 19.0. The van der Waals surface area contributed by atoms with Crippen LogP contribution in [0.25, 0.3) is 0 Å². The molecule has 0 fully saturated rings. The SMILES string of the molecule is CP(C)[CH-]CP(C)C.CP(C)[CH-]CP(C)C.[Cl][Rh+2]. The summed E-state index contributed by atoms with van der Waals surface area (Å²) in [5.41, 5.74) is 0. The third-order valence-corrected chi connectivity index (χ3v) is 5.85. The van der Waals surface area contributed by atoms with Gasteiger partial charge in [0.1, 0.15) is 0 Å². The van der Waals surface area contributed by atoms with Gasteiger partial charge < -0.3 is 0 Å². The average molecular weight is 437 g/mol. The average Bonchev–Trinajstić information content (AvgIpc) is 2.27. The first kappa shape index (κ1) is 25.6. The van der Waals surface area contributed by atoms with Crippen molar-refractivity contribution in [2.75, 3.05) is 65.6 Å². The molecule has 0 aliphatic rings. The van der Waals surface area contributed by atoms with E-state index in [1.54, 1.807) is 0 Å². The Morgan fingerprint density at radius 2 is 0.889 bits per heavy atom. The summed E-state index contributed by atoms with van der Waals surface area (Å²) in [6, 6.07) is 0. The van der Waals surface area contributed by atoms with Gasteiger partial charge >= 0.3 is 27.0 Å². The molecule has 0 aliphatic heterocycles. The van der Waals surface area contributed by atoms with Crippen LogP contribution in [0.4, 0.5) is 0 Å². The van der Waals surface area contributed by atoms with Gasteiger partial charge in [0.15, 0.2) is 0 Å². The first-order chi connectivity index (χ1) is 8.25. The molecule has 0 nitrogen and oxygen atoms in total. The van der Waals surface area contributed by atoms with Crippen LogP contribution < -0.4 is 0 Å². The van der Waals surface area contributed by atoms with Gasteiger partial charge in [0, 0.05) is 0 Å². The van der Waals surface area contributed by atoms with Crippen molar-refractivity contribution in [2.24, 2.45) is 0 Å². The van der Waals surface area contributed by atoms with Crippen molar-refractivity contribution in [2.45, 2.75) is 0 Å². The van der Waals surface area contributed by atoms with E-state index in [-0.39, 0.29) is 15.8 Å². The standard InChI is InChI=1S/2C6H15P2.ClH.Rh/c2*1-7(2)5-6-8(3)4;;/h2*5H,6H2,1-4H3;1H;/q2*-1;;+3/p-1. The molecule has 0 saturated heterocycles. The summed E-state index contributed by atoms with van der Waals surface area (Å²) in [5, 5.41) is 0. The third-order valence-electron chi connectivity index (χ3n) is 1.62. The molecule has 0 spiro atoms. The Kier molecular flexibility index (Phi) is 27.9. The molecule has 0 aliphatic carbocycles. The molecule has 0 rings (SSSR count). The van der Waals surface area contributed by atoms with E-state index >= 15 is 0 Å². The summed E-state index contributed by atoms with van der Waals surface area (Å²) >= 11 is 2.02. The van der Waals surface area contributed by atoms with E-state index in [1.165, 1.54) is 12.3 Å². The molecule has 0 N–H and O–H groups in total. The monoisotopic (exact) mass is 436 g/mol. The van der Waals surface area contributed by atoms with Gasteiger partial charge in [-0.15, -0.1) is 15.8 Å². The van der Waals surface area contributed by atoms with Crippen LogP contribution in [0.2, 0.25) is 0 Å². The fraction of sp³-hybridized carbons (Fsp3) is 0.833. The predicted octanol–water partition coefficient (Wildman–Crippen LogP) is 5.95. The second-order valence-electron chi connectivity index (χ2n) is 4.82. The van der Waals surface area contributed by atoms with Gasteiger partial charge in [0.2, 0.25) is 0 Å². The number of hydrogen-bond donors (Lipinski definition) is 0. The molecule has 0 aromatic rings. The molecule has 0 aromatic carbocycles. The van der Waals surface area contributed by atoms with Gasteiger partial charge in [0.25, 0.3) is 0 Å². The summed E-state index contributed by atoms with van der Waals surface area (Å²) in [6.07, 6.45) is 7.63. The Morgan fingerprint density at radius 3 is 0.944 bits per heavy atom. The number of rotatable bonds is 6. The van der Waals surface area contributed by atoms with Crippen molar-refractivity contribution in [3.63, 3.8) is 0 Å². The number of hydrogen-bond acceptors (Lipinski definition) is 0. The van der Waals surface area contributed by atoms with E-state index in [9.17, 15) is 0 Å². The van der Waals surface area contributed by atoms with Crippen LogP contribution in [0.3, 0.4) is 0 Å². The minimum absolute atomic E-state index is 0.258. The molecule has 6 heteroatoms. The molecule has 0 radical (unpaired) electrons. The fourth-order valence-corrected chi connectivity index (χ4v) is 5.88. The van der Waals surface area contributed by atoms with Crippen molar-refractivity contribution < 1.29 is 17.3 Å². The summed E-state index contributed by atoms with van der Waals surface area (Å²) in [7, 11) is 5.70. The Labute approximate surface area is 136 Å². The van der Waals surface area contributed by atoms with Crippen LogP contribution in [-0.4, -0.2) is 65.6 Å². The van der Waals surface area contributed by atoms with Crippen molar-refractivity contribution in [3.8, 4) is 0 Å². The zero-order valence-electron chi connectivity index (χ0n) is 13.1. The Balaban J connectivity index is -0.000000219. The van der Waals surface area contributed by atoms with E-state index in [2.05, 4.69) is 75.3 Å². The van der Waals surface area contributed by atoms with E-state index < -0.39 is 0 Å². The molecule has 18 heavy (non-hydrogen) atoms. The van der Waals surface area contributed by atoms with Gasteiger partial charge in [-0.3, -0.25) is 28.2 Å².